The highest BCUT2D eigenvalue weighted by molar-refractivity contribution is 5.78. The van der Waals surface area contributed by atoms with Crippen molar-refractivity contribution in [3.05, 3.63) is 35.9 Å². The lowest BCUT2D eigenvalue weighted by Crippen LogP contribution is -2.63. The van der Waals surface area contributed by atoms with Crippen molar-refractivity contribution in [3.63, 3.8) is 0 Å². The van der Waals surface area contributed by atoms with Gasteiger partial charge in [-0.2, -0.15) is 0 Å². The van der Waals surface area contributed by atoms with E-state index in [1.54, 1.807) is 0 Å². The van der Waals surface area contributed by atoms with Crippen LogP contribution >= 0.6 is 0 Å². The summed E-state index contributed by atoms with van der Waals surface area (Å²) in [6.07, 6.45) is 5.63. The zero-order valence-electron chi connectivity index (χ0n) is 14.1. The SMILES string of the molecule is C[N+]1(C)[C@@H]2CCC[C@H]1CC(OC(=O)[C@@H](CO)c1ccccc1)C2. The molecule has 2 bridgehead atoms. The molecular formula is C19H28NO3+. The van der Waals surface area contributed by atoms with Gasteiger partial charge in [-0.05, 0) is 24.8 Å². The molecule has 0 amide bonds. The summed E-state index contributed by atoms with van der Waals surface area (Å²) in [5.74, 6) is -0.852. The van der Waals surface area contributed by atoms with Gasteiger partial charge >= 0.3 is 5.97 Å². The van der Waals surface area contributed by atoms with Gasteiger partial charge in [-0.1, -0.05) is 30.3 Å². The number of fused-ring (bicyclic) bond motifs is 2. The number of carbonyl (C=O) groups is 1. The van der Waals surface area contributed by atoms with Gasteiger partial charge < -0.3 is 14.3 Å². The van der Waals surface area contributed by atoms with Crippen molar-refractivity contribution in [3.8, 4) is 0 Å². The molecule has 0 spiro atoms. The van der Waals surface area contributed by atoms with E-state index < -0.39 is 5.92 Å². The topological polar surface area (TPSA) is 46.5 Å². The fraction of sp³-hybridized carbons (Fsp3) is 0.632. The molecule has 1 aromatic rings. The van der Waals surface area contributed by atoms with Gasteiger partial charge in [0.2, 0.25) is 0 Å². The predicted octanol–water partition coefficient (Wildman–Crippen LogP) is 2.47. The van der Waals surface area contributed by atoms with Crippen LogP contribution in [0, 0.1) is 0 Å². The normalized spacial score (nSPS) is 30.5. The van der Waals surface area contributed by atoms with Gasteiger partial charge in [0.15, 0.2) is 0 Å². The molecule has 1 N–H and O–H groups in total. The summed E-state index contributed by atoms with van der Waals surface area (Å²) in [5, 5.41) is 9.62. The second-order valence-electron chi connectivity index (χ2n) is 7.54. The minimum absolute atomic E-state index is 0.00159. The zero-order valence-corrected chi connectivity index (χ0v) is 14.1. The third-order valence-corrected chi connectivity index (χ3v) is 5.98. The van der Waals surface area contributed by atoms with Crippen molar-refractivity contribution >= 4 is 5.97 Å². The molecule has 2 heterocycles. The van der Waals surface area contributed by atoms with Crippen molar-refractivity contribution in [2.24, 2.45) is 0 Å². The van der Waals surface area contributed by atoms with Crippen LogP contribution in [0.3, 0.4) is 0 Å². The molecule has 1 unspecified atom stereocenters. The molecule has 3 rings (SSSR count). The van der Waals surface area contributed by atoms with Crippen molar-refractivity contribution in [2.75, 3.05) is 20.7 Å². The first-order valence-corrected chi connectivity index (χ1v) is 8.72. The van der Waals surface area contributed by atoms with Crippen molar-refractivity contribution in [1.29, 1.82) is 0 Å². The number of aliphatic hydroxyl groups is 1. The molecule has 4 nitrogen and oxygen atoms in total. The smallest absolute Gasteiger partial charge is 0.316 e. The summed E-state index contributed by atoms with van der Waals surface area (Å²) in [4.78, 5) is 12.5. The largest absolute Gasteiger partial charge is 0.461 e. The molecule has 2 fully saturated rings. The molecule has 4 heteroatoms. The number of hydrogen-bond donors (Lipinski definition) is 1. The molecule has 0 saturated carbocycles. The first-order valence-electron chi connectivity index (χ1n) is 8.72. The Bertz CT molecular complexity index is 527. The summed E-state index contributed by atoms with van der Waals surface area (Å²) in [7, 11) is 4.63. The summed E-state index contributed by atoms with van der Waals surface area (Å²) in [6, 6.07) is 10.6. The maximum atomic E-state index is 12.5. The molecule has 0 aromatic heterocycles. The van der Waals surface area contributed by atoms with E-state index in [2.05, 4.69) is 14.1 Å². The summed E-state index contributed by atoms with van der Waals surface area (Å²) < 4.78 is 6.89. The quantitative estimate of drug-likeness (QED) is 0.685. The minimum Gasteiger partial charge on any atom is -0.461 e. The molecule has 1 aromatic carbocycles. The Morgan fingerprint density at radius 1 is 1.22 bits per heavy atom. The third kappa shape index (κ3) is 3.29. The molecule has 2 aliphatic rings. The summed E-state index contributed by atoms with van der Waals surface area (Å²) in [5.41, 5.74) is 0.826. The number of ether oxygens (including phenoxy) is 1. The second kappa shape index (κ2) is 6.62. The van der Waals surface area contributed by atoms with Gasteiger partial charge in [0.25, 0.3) is 0 Å². The van der Waals surface area contributed by atoms with E-state index in [0.717, 1.165) is 22.9 Å². The summed E-state index contributed by atoms with van der Waals surface area (Å²) >= 11 is 0. The van der Waals surface area contributed by atoms with Gasteiger partial charge in [-0.3, -0.25) is 4.79 Å². The molecule has 0 radical (unpaired) electrons. The Morgan fingerprint density at radius 2 is 1.83 bits per heavy atom. The Labute approximate surface area is 138 Å². The Morgan fingerprint density at radius 3 is 2.39 bits per heavy atom. The number of esters is 1. The standard InChI is InChI=1S/C19H28NO3/c1-20(2)15-9-6-10-16(20)12-17(11-15)23-19(22)18(13-21)14-7-4-3-5-8-14/h3-5,7-8,15-18,21H,6,9-13H2,1-2H3/q+1/t15-,16+,17?,18-/m0/s1. The van der Waals surface area contributed by atoms with Gasteiger partial charge in [-0.25, -0.2) is 0 Å². The van der Waals surface area contributed by atoms with Gasteiger partial charge in [-0.15, -0.1) is 0 Å². The van der Waals surface area contributed by atoms with Crippen LogP contribution in [0.4, 0.5) is 0 Å². The zero-order chi connectivity index (χ0) is 16.4. The first-order chi connectivity index (χ1) is 11.0. The minimum atomic E-state index is -0.569. The average Bonchev–Trinajstić information content (AvgIpc) is 2.50. The van der Waals surface area contributed by atoms with E-state index in [0.29, 0.717) is 12.1 Å². The molecule has 126 valence electrons. The molecule has 2 saturated heterocycles. The van der Waals surface area contributed by atoms with Crippen LogP contribution in [0.25, 0.3) is 0 Å². The lowest BCUT2D eigenvalue weighted by molar-refractivity contribution is -0.950. The first kappa shape index (κ1) is 16.5. The fourth-order valence-corrected chi connectivity index (χ4v) is 4.38. The predicted molar refractivity (Wildman–Crippen MR) is 88.9 cm³/mol. The van der Waals surface area contributed by atoms with Crippen LogP contribution in [-0.4, -0.2) is 54.4 Å². The van der Waals surface area contributed by atoms with Crippen LogP contribution in [0.5, 0.6) is 0 Å². The number of piperidine rings is 2. The van der Waals surface area contributed by atoms with Crippen LogP contribution in [-0.2, 0) is 9.53 Å². The second-order valence-corrected chi connectivity index (χ2v) is 7.54. The number of carbonyl (C=O) groups excluding carboxylic acids is 1. The Hall–Kier alpha value is -1.39. The van der Waals surface area contributed by atoms with Crippen LogP contribution in [0.1, 0.15) is 43.6 Å². The highest BCUT2D eigenvalue weighted by atomic mass is 16.5. The lowest BCUT2D eigenvalue weighted by atomic mass is 9.81. The number of nitrogens with zero attached hydrogens (tertiary/aromatic N) is 1. The van der Waals surface area contributed by atoms with Gasteiger partial charge in [0, 0.05) is 12.8 Å². The number of rotatable bonds is 4. The van der Waals surface area contributed by atoms with Crippen LogP contribution in [0.15, 0.2) is 30.3 Å². The van der Waals surface area contributed by atoms with Gasteiger partial charge in [0.1, 0.15) is 12.0 Å². The van der Waals surface area contributed by atoms with Gasteiger partial charge in [0.05, 0.1) is 32.8 Å². The molecule has 23 heavy (non-hydrogen) atoms. The van der Waals surface area contributed by atoms with Crippen molar-refractivity contribution in [1.82, 2.24) is 0 Å². The van der Waals surface area contributed by atoms with E-state index in [1.165, 1.54) is 19.3 Å². The van der Waals surface area contributed by atoms with E-state index in [1.807, 2.05) is 30.3 Å². The summed E-state index contributed by atoms with van der Waals surface area (Å²) in [6.45, 7) is -0.204. The Balaban J connectivity index is 1.66. The molecular weight excluding hydrogens is 290 g/mol. The number of benzene rings is 1. The monoisotopic (exact) mass is 318 g/mol. The highest BCUT2D eigenvalue weighted by Gasteiger charge is 2.47. The third-order valence-electron chi connectivity index (χ3n) is 5.98. The molecule has 0 aliphatic carbocycles. The lowest BCUT2D eigenvalue weighted by Gasteiger charge is -2.52. The number of quaternary nitrogens is 1. The van der Waals surface area contributed by atoms with Crippen molar-refractivity contribution in [2.45, 2.75) is 56.2 Å². The van der Waals surface area contributed by atoms with E-state index in [-0.39, 0.29) is 18.7 Å². The van der Waals surface area contributed by atoms with Crippen molar-refractivity contribution < 1.29 is 19.1 Å². The van der Waals surface area contributed by atoms with E-state index >= 15 is 0 Å². The Kier molecular flexibility index (Phi) is 4.74. The average molecular weight is 318 g/mol. The maximum Gasteiger partial charge on any atom is 0.316 e. The highest BCUT2D eigenvalue weighted by Crippen LogP contribution is 2.39. The fourth-order valence-electron chi connectivity index (χ4n) is 4.38. The van der Waals surface area contributed by atoms with E-state index in [4.69, 9.17) is 4.74 Å². The number of aliphatic hydroxyl groups excluding tert-OH is 1. The molecule has 4 atom stereocenters. The van der Waals surface area contributed by atoms with Crippen LogP contribution < -0.4 is 0 Å². The van der Waals surface area contributed by atoms with E-state index in [9.17, 15) is 9.90 Å². The maximum absolute atomic E-state index is 12.5. The number of hydrogen-bond acceptors (Lipinski definition) is 3. The van der Waals surface area contributed by atoms with Crippen LogP contribution in [0.2, 0.25) is 0 Å². The molecule has 2 aliphatic heterocycles.